The Morgan fingerprint density at radius 2 is 1.60 bits per heavy atom. The van der Waals surface area contributed by atoms with Gasteiger partial charge in [0.1, 0.15) is 0 Å². The van der Waals surface area contributed by atoms with Crippen LogP contribution in [0.15, 0.2) is 76.4 Å². The molecule has 1 heterocycles. The molecule has 0 saturated carbocycles. The molecule has 2 amide bonds. The van der Waals surface area contributed by atoms with E-state index in [4.69, 9.17) is 23.2 Å². The number of imidazole rings is 1. The quantitative estimate of drug-likeness (QED) is 0.368. The molecule has 0 radical (unpaired) electrons. The van der Waals surface area contributed by atoms with Crippen molar-refractivity contribution in [1.29, 1.82) is 0 Å². The summed E-state index contributed by atoms with van der Waals surface area (Å²) in [5.74, 6) is 0. The number of carbonyl (C=O) groups excluding carboxylic acids is 1. The van der Waals surface area contributed by atoms with E-state index >= 15 is 0 Å². The van der Waals surface area contributed by atoms with Crippen molar-refractivity contribution in [1.82, 2.24) is 13.4 Å². The van der Waals surface area contributed by atoms with Crippen molar-refractivity contribution in [3.05, 3.63) is 87.3 Å². The summed E-state index contributed by atoms with van der Waals surface area (Å²) in [5.41, 5.74) is 0.392. The fourth-order valence-corrected chi connectivity index (χ4v) is 5.55. The number of hydrogen-bond acceptors (Lipinski definition) is 4. The Kier molecular flexibility index (Phi) is 6.93. The zero-order valence-electron chi connectivity index (χ0n) is 18.9. The number of nitrogens with one attached hydrogen (secondary N) is 1. The lowest BCUT2D eigenvalue weighted by Gasteiger charge is -2.19. The first-order valence-corrected chi connectivity index (χ1v) is 13.0. The van der Waals surface area contributed by atoms with Gasteiger partial charge in [0, 0.05) is 23.8 Å². The number of amides is 2. The lowest BCUT2D eigenvalue weighted by Crippen LogP contribution is -2.34. The van der Waals surface area contributed by atoms with Crippen LogP contribution in [0, 0.1) is 0 Å². The molecule has 0 atom stereocenters. The summed E-state index contributed by atoms with van der Waals surface area (Å²) in [5, 5.41) is 3.34. The first-order valence-electron chi connectivity index (χ1n) is 10.8. The molecular weight excluding hydrogens is 511 g/mol. The molecule has 4 aromatic rings. The highest BCUT2D eigenvalue weighted by atomic mass is 35.5. The lowest BCUT2D eigenvalue weighted by molar-refractivity contribution is 0.217. The molecule has 0 aliphatic heterocycles. The van der Waals surface area contributed by atoms with E-state index in [1.165, 1.54) is 47.0 Å². The molecule has 3 aromatic carbocycles. The molecule has 35 heavy (non-hydrogen) atoms. The van der Waals surface area contributed by atoms with E-state index < -0.39 is 15.7 Å². The topological polar surface area (TPSA) is 93.4 Å². The van der Waals surface area contributed by atoms with Gasteiger partial charge in [0.2, 0.25) is 0 Å². The summed E-state index contributed by atoms with van der Waals surface area (Å²) in [7, 11) is -4.31. The average molecular weight is 533 g/mol. The van der Waals surface area contributed by atoms with Crippen molar-refractivity contribution in [2.24, 2.45) is 0 Å². The number of para-hydroxylation sites is 1. The molecular formula is C24H22Cl2N4O4S. The Morgan fingerprint density at radius 3 is 2.23 bits per heavy atom. The highest BCUT2D eigenvalue weighted by molar-refractivity contribution is 7.90. The summed E-state index contributed by atoms with van der Waals surface area (Å²) in [6.07, 6.45) is 0. The summed E-state index contributed by atoms with van der Waals surface area (Å²) in [6, 6.07) is 16.5. The van der Waals surface area contributed by atoms with Gasteiger partial charge in [-0.2, -0.15) is 3.97 Å². The number of benzene rings is 3. The SMILES string of the molecule is CCN(CC)C(=O)Nc1ccc(S(=O)(=O)n2c(=O)n(-c3ccccc3Cl)c3cc(Cl)ccc32)cc1. The maximum Gasteiger partial charge on any atom is 0.347 e. The normalized spacial score (nSPS) is 11.5. The van der Waals surface area contributed by atoms with Crippen LogP contribution in [-0.4, -0.2) is 41.0 Å². The van der Waals surface area contributed by atoms with Gasteiger partial charge in [-0.1, -0.05) is 35.3 Å². The first kappa shape index (κ1) is 24.8. The minimum atomic E-state index is -4.31. The minimum absolute atomic E-state index is 0.117. The monoisotopic (exact) mass is 532 g/mol. The van der Waals surface area contributed by atoms with Gasteiger partial charge in [-0.05, 0) is 68.4 Å². The van der Waals surface area contributed by atoms with Crippen LogP contribution in [0.2, 0.25) is 10.0 Å². The fourth-order valence-electron chi connectivity index (χ4n) is 3.77. The largest absolute Gasteiger partial charge is 0.347 e. The van der Waals surface area contributed by atoms with E-state index in [-0.39, 0.29) is 21.5 Å². The lowest BCUT2D eigenvalue weighted by atomic mass is 10.3. The standard InChI is InChI=1S/C24H22Cl2N4O4S/c1-3-28(4-2)23(31)27-17-10-12-18(13-11-17)35(33,34)30-21-14-9-16(25)15-22(21)29(24(30)32)20-8-6-5-7-19(20)26/h5-15H,3-4H2,1-2H3,(H,27,31). The van der Waals surface area contributed by atoms with Crippen molar-refractivity contribution in [2.75, 3.05) is 18.4 Å². The third-order valence-corrected chi connectivity index (χ3v) is 7.81. The van der Waals surface area contributed by atoms with Gasteiger partial charge in [-0.3, -0.25) is 4.57 Å². The van der Waals surface area contributed by atoms with Gasteiger partial charge >= 0.3 is 11.7 Å². The number of carbonyl (C=O) groups is 1. The molecule has 0 aliphatic carbocycles. The minimum Gasteiger partial charge on any atom is -0.325 e. The van der Waals surface area contributed by atoms with Crippen LogP contribution < -0.4 is 11.0 Å². The predicted octanol–water partition coefficient (Wildman–Crippen LogP) is 5.21. The molecule has 0 spiro atoms. The van der Waals surface area contributed by atoms with Crippen LogP contribution in [0.3, 0.4) is 0 Å². The van der Waals surface area contributed by atoms with Crippen LogP contribution in [0.25, 0.3) is 16.7 Å². The second-order valence-corrected chi connectivity index (χ2v) is 10.2. The first-order chi connectivity index (χ1) is 16.7. The van der Waals surface area contributed by atoms with E-state index in [9.17, 15) is 18.0 Å². The summed E-state index contributed by atoms with van der Waals surface area (Å²) < 4.78 is 29.2. The molecule has 0 aliphatic rings. The maximum atomic E-state index is 13.6. The average Bonchev–Trinajstić information content (AvgIpc) is 3.12. The number of rotatable bonds is 6. The van der Waals surface area contributed by atoms with E-state index in [1.54, 1.807) is 29.2 Å². The zero-order chi connectivity index (χ0) is 25.3. The van der Waals surface area contributed by atoms with E-state index in [2.05, 4.69) is 5.32 Å². The van der Waals surface area contributed by atoms with Gasteiger partial charge in [0.05, 0.1) is 26.6 Å². The summed E-state index contributed by atoms with van der Waals surface area (Å²) in [4.78, 5) is 27.3. The molecule has 4 rings (SSSR count). The Morgan fingerprint density at radius 1 is 0.943 bits per heavy atom. The number of nitrogens with zero attached hydrogens (tertiary/aromatic N) is 3. The maximum absolute atomic E-state index is 13.6. The van der Waals surface area contributed by atoms with Crippen molar-refractivity contribution in [3.8, 4) is 5.69 Å². The fraction of sp³-hybridized carbons (Fsp3) is 0.167. The third-order valence-electron chi connectivity index (χ3n) is 5.55. The Hall–Kier alpha value is -3.27. The molecule has 11 heteroatoms. The number of aromatic nitrogens is 2. The van der Waals surface area contributed by atoms with Crippen LogP contribution >= 0.6 is 23.2 Å². The molecule has 0 unspecified atom stereocenters. The van der Waals surface area contributed by atoms with Crippen LogP contribution in [-0.2, 0) is 10.0 Å². The van der Waals surface area contributed by atoms with Crippen LogP contribution in [0.4, 0.5) is 10.5 Å². The number of hydrogen-bond donors (Lipinski definition) is 1. The van der Waals surface area contributed by atoms with Gasteiger partial charge in [0.15, 0.2) is 0 Å². The smallest absolute Gasteiger partial charge is 0.325 e. The highest BCUT2D eigenvalue weighted by Crippen LogP contribution is 2.28. The Labute approximate surface area is 212 Å². The number of fused-ring (bicyclic) bond motifs is 1. The second kappa shape index (κ2) is 9.77. The van der Waals surface area contributed by atoms with Gasteiger partial charge < -0.3 is 10.2 Å². The van der Waals surface area contributed by atoms with Crippen LogP contribution in [0.1, 0.15) is 13.8 Å². The number of urea groups is 1. The molecule has 1 N–H and O–H groups in total. The van der Waals surface area contributed by atoms with E-state index in [0.29, 0.717) is 35.0 Å². The Balaban J connectivity index is 1.82. The summed E-state index contributed by atoms with van der Waals surface area (Å²) in [6.45, 7) is 4.81. The third kappa shape index (κ3) is 4.54. The molecule has 1 aromatic heterocycles. The molecule has 8 nitrogen and oxygen atoms in total. The molecule has 0 fully saturated rings. The number of halogens is 2. The van der Waals surface area contributed by atoms with E-state index in [1.807, 2.05) is 13.8 Å². The highest BCUT2D eigenvalue weighted by Gasteiger charge is 2.27. The van der Waals surface area contributed by atoms with Crippen molar-refractivity contribution < 1.29 is 13.2 Å². The molecule has 182 valence electrons. The van der Waals surface area contributed by atoms with Gasteiger partial charge in [-0.15, -0.1) is 0 Å². The van der Waals surface area contributed by atoms with Gasteiger partial charge in [-0.25, -0.2) is 18.0 Å². The number of anilines is 1. The van der Waals surface area contributed by atoms with Crippen molar-refractivity contribution >= 4 is 56.0 Å². The molecule has 0 saturated heterocycles. The van der Waals surface area contributed by atoms with Crippen molar-refractivity contribution in [2.45, 2.75) is 18.7 Å². The summed E-state index contributed by atoms with van der Waals surface area (Å²) >= 11 is 12.5. The second-order valence-electron chi connectivity index (χ2n) is 7.60. The van der Waals surface area contributed by atoms with Crippen molar-refractivity contribution in [3.63, 3.8) is 0 Å². The zero-order valence-corrected chi connectivity index (χ0v) is 21.2. The predicted molar refractivity (Wildman–Crippen MR) is 139 cm³/mol. The molecule has 0 bridgehead atoms. The van der Waals surface area contributed by atoms with Crippen LogP contribution in [0.5, 0.6) is 0 Å². The Bertz CT molecular complexity index is 1570. The van der Waals surface area contributed by atoms with E-state index in [0.717, 1.165) is 3.97 Å². The van der Waals surface area contributed by atoms with Gasteiger partial charge in [0.25, 0.3) is 10.0 Å².